The van der Waals surface area contributed by atoms with Crippen molar-refractivity contribution in [2.45, 2.75) is 52.7 Å². The fourth-order valence-electron chi connectivity index (χ4n) is 2.65. The third kappa shape index (κ3) is 5.20. The zero-order chi connectivity index (χ0) is 17.0. The number of nitrogens with zero attached hydrogens (tertiary/aromatic N) is 1. The van der Waals surface area contributed by atoms with Gasteiger partial charge in [0.2, 0.25) is 5.91 Å². The van der Waals surface area contributed by atoms with Crippen molar-refractivity contribution in [3.05, 3.63) is 0 Å². The van der Waals surface area contributed by atoms with Gasteiger partial charge in [0.25, 0.3) is 0 Å². The molecule has 0 heterocycles. The molecule has 0 aromatic rings. The summed E-state index contributed by atoms with van der Waals surface area (Å²) in [4.78, 5) is 15.7. The number of aliphatic imine (C=N–C) groups is 1. The predicted molar refractivity (Wildman–Crippen MR) is 105 cm³/mol. The van der Waals surface area contributed by atoms with Gasteiger partial charge in [-0.3, -0.25) is 9.79 Å². The Balaban J connectivity index is 0.00000484. The number of amides is 1. The maximum atomic E-state index is 11.5. The lowest BCUT2D eigenvalue weighted by atomic mass is 9.56. The summed E-state index contributed by atoms with van der Waals surface area (Å²) in [6, 6.07) is 0.314. The number of carbonyl (C=O) groups excluding carboxylic acids is 1. The fraction of sp³-hybridized carbons (Fsp3) is 0.875. The van der Waals surface area contributed by atoms with Crippen LogP contribution in [0.3, 0.4) is 0 Å². The largest absolute Gasteiger partial charge is 0.378 e. The number of hydrogen-bond donors (Lipinski definition) is 3. The zero-order valence-electron chi connectivity index (χ0n) is 15.4. The van der Waals surface area contributed by atoms with Crippen molar-refractivity contribution < 1.29 is 9.53 Å². The van der Waals surface area contributed by atoms with Gasteiger partial charge in [0.1, 0.15) is 0 Å². The van der Waals surface area contributed by atoms with Crippen molar-refractivity contribution in [1.82, 2.24) is 16.0 Å². The molecule has 0 aromatic carbocycles. The molecule has 136 valence electrons. The number of methoxy groups -OCH3 is 1. The minimum Gasteiger partial charge on any atom is -0.378 e. The van der Waals surface area contributed by atoms with Crippen LogP contribution in [0, 0.1) is 11.3 Å². The molecule has 0 aliphatic heterocycles. The molecule has 0 saturated heterocycles. The van der Waals surface area contributed by atoms with Crippen LogP contribution in [0.2, 0.25) is 0 Å². The van der Waals surface area contributed by atoms with Crippen molar-refractivity contribution in [1.29, 1.82) is 0 Å². The van der Waals surface area contributed by atoms with Gasteiger partial charge in [0.05, 0.1) is 5.60 Å². The highest BCUT2D eigenvalue weighted by Crippen LogP contribution is 2.51. The van der Waals surface area contributed by atoms with E-state index in [0.29, 0.717) is 19.1 Å². The Kier molecular flexibility index (Phi) is 8.83. The van der Waals surface area contributed by atoms with Crippen LogP contribution in [-0.4, -0.2) is 50.8 Å². The molecule has 1 fully saturated rings. The molecular weight excluding hydrogens is 407 g/mol. The Morgan fingerprint density at radius 2 is 1.83 bits per heavy atom. The predicted octanol–water partition coefficient (Wildman–Crippen LogP) is 1.75. The van der Waals surface area contributed by atoms with E-state index in [1.165, 1.54) is 0 Å². The van der Waals surface area contributed by atoms with Crippen LogP contribution in [0.5, 0.6) is 0 Å². The molecular formula is C16H33IN4O2. The molecule has 1 aliphatic carbocycles. The molecule has 23 heavy (non-hydrogen) atoms. The molecule has 3 N–H and O–H groups in total. The Bertz CT molecular complexity index is 426. The summed E-state index contributed by atoms with van der Waals surface area (Å²) in [6.45, 7) is 11.5. The average molecular weight is 440 g/mol. The second kappa shape index (κ2) is 9.05. The van der Waals surface area contributed by atoms with Crippen LogP contribution < -0.4 is 16.0 Å². The minimum absolute atomic E-state index is 0. The third-order valence-corrected chi connectivity index (χ3v) is 5.05. The van der Waals surface area contributed by atoms with Crippen molar-refractivity contribution in [2.75, 3.05) is 27.2 Å². The van der Waals surface area contributed by atoms with E-state index in [0.717, 1.165) is 12.4 Å². The second-order valence-electron chi connectivity index (χ2n) is 7.00. The SMILES string of the molecule is CN=C(NCCNC(=O)C(C)C)NC1CC(C)(OC)C1(C)C.I. The topological polar surface area (TPSA) is 74.8 Å². The molecule has 6 nitrogen and oxygen atoms in total. The summed E-state index contributed by atoms with van der Waals surface area (Å²) < 4.78 is 5.63. The van der Waals surface area contributed by atoms with Gasteiger partial charge in [-0.25, -0.2) is 0 Å². The summed E-state index contributed by atoms with van der Waals surface area (Å²) in [6.07, 6.45) is 0.946. The monoisotopic (exact) mass is 440 g/mol. The molecule has 0 spiro atoms. The smallest absolute Gasteiger partial charge is 0.222 e. The summed E-state index contributed by atoms with van der Waals surface area (Å²) in [7, 11) is 3.52. The van der Waals surface area contributed by atoms with Crippen LogP contribution in [-0.2, 0) is 9.53 Å². The number of nitrogens with one attached hydrogen (secondary N) is 3. The molecule has 0 bridgehead atoms. The number of guanidine groups is 1. The third-order valence-electron chi connectivity index (χ3n) is 5.05. The van der Waals surface area contributed by atoms with Crippen LogP contribution in [0.1, 0.15) is 41.0 Å². The van der Waals surface area contributed by atoms with Crippen molar-refractivity contribution >= 4 is 35.8 Å². The Morgan fingerprint density at radius 1 is 1.26 bits per heavy atom. The molecule has 0 aromatic heterocycles. The highest BCUT2D eigenvalue weighted by Gasteiger charge is 2.57. The lowest BCUT2D eigenvalue weighted by Gasteiger charge is -2.59. The van der Waals surface area contributed by atoms with E-state index in [1.807, 2.05) is 13.8 Å². The molecule has 1 rings (SSSR count). The number of hydrogen-bond acceptors (Lipinski definition) is 3. The van der Waals surface area contributed by atoms with E-state index in [9.17, 15) is 4.79 Å². The molecule has 0 radical (unpaired) electrons. The standard InChI is InChI=1S/C16H32N4O2.HI/c1-11(2)13(21)18-8-9-19-14(17-6)20-12-10-16(5,22-7)15(12,3)4;/h11-12H,8-10H2,1-7H3,(H,18,21)(H2,17,19,20);1H. The normalized spacial score (nSPS) is 26.1. The Morgan fingerprint density at radius 3 is 2.26 bits per heavy atom. The molecule has 2 atom stereocenters. The molecule has 1 aliphatic rings. The minimum atomic E-state index is -0.102. The summed E-state index contributed by atoms with van der Waals surface area (Å²) in [5.74, 6) is 0.843. The maximum Gasteiger partial charge on any atom is 0.222 e. The first-order valence-corrected chi connectivity index (χ1v) is 7.98. The van der Waals surface area contributed by atoms with E-state index >= 15 is 0 Å². The van der Waals surface area contributed by atoms with Crippen LogP contribution >= 0.6 is 24.0 Å². The van der Waals surface area contributed by atoms with Gasteiger partial charge < -0.3 is 20.7 Å². The maximum absolute atomic E-state index is 11.5. The summed E-state index contributed by atoms with van der Waals surface area (Å²) in [5, 5.41) is 9.55. The van der Waals surface area contributed by atoms with Gasteiger partial charge in [0.15, 0.2) is 5.96 Å². The summed E-state index contributed by atoms with van der Waals surface area (Å²) in [5.41, 5.74) is -0.0695. The fourth-order valence-corrected chi connectivity index (χ4v) is 2.65. The number of rotatable bonds is 6. The van der Waals surface area contributed by atoms with Crippen LogP contribution in [0.4, 0.5) is 0 Å². The number of ether oxygens (including phenoxy) is 1. The first-order chi connectivity index (χ1) is 10.2. The van der Waals surface area contributed by atoms with Gasteiger partial charge in [-0.05, 0) is 13.3 Å². The second-order valence-corrected chi connectivity index (χ2v) is 7.00. The van der Waals surface area contributed by atoms with Gasteiger partial charge >= 0.3 is 0 Å². The van der Waals surface area contributed by atoms with E-state index in [2.05, 4.69) is 41.7 Å². The Labute approximate surface area is 157 Å². The number of carbonyl (C=O) groups is 1. The first kappa shape index (κ1) is 22.4. The van der Waals surface area contributed by atoms with E-state index in [-0.39, 0.29) is 46.8 Å². The molecule has 1 saturated carbocycles. The van der Waals surface area contributed by atoms with Crippen molar-refractivity contribution in [3.63, 3.8) is 0 Å². The van der Waals surface area contributed by atoms with Gasteiger partial charge in [-0.1, -0.05) is 27.7 Å². The van der Waals surface area contributed by atoms with E-state index in [4.69, 9.17) is 4.74 Å². The van der Waals surface area contributed by atoms with Crippen molar-refractivity contribution in [2.24, 2.45) is 16.3 Å². The summed E-state index contributed by atoms with van der Waals surface area (Å²) >= 11 is 0. The quantitative estimate of drug-likeness (QED) is 0.255. The molecule has 2 unspecified atom stereocenters. The van der Waals surface area contributed by atoms with E-state index in [1.54, 1.807) is 14.2 Å². The lowest BCUT2D eigenvalue weighted by Crippen LogP contribution is -2.69. The highest BCUT2D eigenvalue weighted by atomic mass is 127. The van der Waals surface area contributed by atoms with Crippen LogP contribution in [0.25, 0.3) is 0 Å². The first-order valence-electron chi connectivity index (χ1n) is 7.98. The molecule has 1 amide bonds. The van der Waals surface area contributed by atoms with Crippen molar-refractivity contribution in [3.8, 4) is 0 Å². The van der Waals surface area contributed by atoms with Gasteiger partial charge in [-0.2, -0.15) is 0 Å². The van der Waals surface area contributed by atoms with E-state index < -0.39 is 0 Å². The average Bonchev–Trinajstić information content (AvgIpc) is 2.48. The molecule has 7 heteroatoms. The zero-order valence-corrected chi connectivity index (χ0v) is 17.8. The van der Waals surface area contributed by atoms with Gasteiger partial charge in [0, 0.05) is 44.6 Å². The number of halogens is 1. The highest BCUT2D eigenvalue weighted by molar-refractivity contribution is 14.0. The lowest BCUT2D eigenvalue weighted by molar-refractivity contribution is -0.176. The van der Waals surface area contributed by atoms with Gasteiger partial charge in [-0.15, -0.1) is 24.0 Å². The van der Waals surface area contributed by atoms with Crippen LogP contribution in [0.15, 0.2) is 4.99 Å². The Hall–Kier alpha value is -0.570.